The molecule has 1 atom stereocenters. The van der Waals surface area contributed by atoms with Crippen molar-refractivity contribution in [1.82, 2.24) is 0 Å². The Morgan fingerprint density at radius 3 is 1.05 bits per heavy atom. The Morgan fingerprint density at radius 1 is 0.295 bits per heavy atom. The van der Waals surface area contributed by atoms with Crippen LogP contribution in [0.5, 0.6) is 23.0 Å². The first-order valence-electron chi connectivity index (χ1n) is 40.1. The van der Waals surface area contributed by atoms with Gasteiger partial charge in [-0.3, -0.25) is 38.5 Å². The monoisotopic (exact) mass is 1480 g/mol. The maximum atomic E-state index is 15.7. The first-order valence-corrected chi connectivity index (χ1v) is 40.1. The lowest BCUT2D eigenvalue weighted by atomic mass is 9.81. The molecule has 4 aliphatic rings. The van der Waals surface area contributed by atoms with Gasteiger partial charge < -0.3 is 24.4 Å². The quantitative estimate of drug-likeness (QED) is 0.0195. The van der Waals surface area contributed by atoms with Gasteiger partial charge in [-0.15, -0.1) is 0 Å². The molecular weight excluding hydrogens is 1400 g/mol. The number of aliphatic hydroxyl groups is 1. The number of imide groups is 3. The number of benzene rings is 13. The highest BCUT2D eigenvalue weighted by Crippen LogP contribution is 2.54. The molecule has 562 valence electrons. The Bertz CT molecular complexity index is 5900. The van der Waals surface area contributed by atoms with Gasteiger partial charge in [-0.2, -0.15) is 0 Å². The van der Waals surface area contributed by atoms with Crippen LogP contribution in [0.4, 0.5) is 34.1 Å². The maximum absolute atomic E-state index is 15.7. The minimum atomic E-state index is -1.34. The first kappa shape index (κ1) is 72.6. The zero-order chi connectivity index (χ0) is 77.0. The Morgan fingerprint density at radius 2 is 0.643 bits per heavy atom. The van der Waals surface area contributed by atoms with E-state index in [0.29, 0.717) is 87.9 Å². The van der Waals surface area contributed by atoms with Crippen LogP contribution in [-0.2, 0) is 0 Å². The number of rotatable bonds is 30. The van der Waals surface area contributed by atoms with Crippen LogP contribution in [0, 0.1) is 0 Å². The summed E-state index contributed by atoms with van der Waals surface area (Å²) in [7, 11) is 0. The summed E-state index contributed by atoms with van der Waals surface area (Å²) in [6.45, 7) is 12.4. The van der Waals surface area contributed by atoms with Crippen LogP contribution >= 0.6 is 0 Å². The molecule has 112 heavy (non-hydrogen) atoms. The molecule has 0 spiro atoms. The van der Waals surface area contributed by atoms with E-state index in [-0.39, 0.29) is 56.7 Å². The molecule has 0 radical (unpaired) electrons. The van der Waals surface area contributed by atoms with Crippen LogP contribution in [0.25, 0.3) is 64.6 Å². The van der Waals surface area contributed by atoms with Gasteiger partial charge in [0.1, 0.15) is 23.0 Å². The highest BCUT2D eigenvalue weighted by molar-refractivity contribution is 6.47. The van der Waals surface area contributed by atoms with Gasteiger partial charge in [-0.05, 0) is 164 Å². The van der Waals surface area contributed by atoms with Gasteiger partial charge in [0.15, 0.2) is 6.23 Å². The second-order valence-electron chi connectivity index (χ2n) is 30.1. The molecule has 0 aromatic heterocycles. The lowest BCUT2D eigenvalue weighted by Gasteiger charge is -2.35. The van der Waals surface area contributed by atoms with Gasteiger partial charge in [0.25, 0.3) is 41.4 Å². The first-order chi connectivity index (χ1) is 54.8. The van der Waals surface area contributed by atoms with E-state index < -0.39 is 41.7 Å². The van der Waals surface area contributed by atoms with Crippen molar-refractivity contribution in [2.24, 2.45) is 0 Å². The Balaban J connectivity index is 0.718. The lowest BCUT2D eigenvalue weighted by Crippen LogP contribution is -2.41. The molecule has 0 saturated heterocycles. The van der Waals surface area contributed by atoms with Crippen LogP contribution in [0.1, 0.15) is 215 Å². The number of carbonyl (C=O) groups excluding carboxylic acids is 7. The van der Waals surface area contributed by atoms with Crippen molar-refractivity contribution in [1.29, 1.82) is 0 Å². The third kappa shape index (κ3) is 12.4. The van der Waals surface area contributed by atoms with E-state index in [2.05, 4.69) is 43.6 Å². The summed E-state index contributed by atoms with van der Waals surface area (Å²) in [6.07, 6.45) is 16.6. The topological polar surface area (TPSA) is 178 Å². The fourth-order valence-electron chi connectivity index (χ4n) is 17.7. The van der Waals surface area contributed by atoms with Crippen molar-refractivity contribution in [3.63, 3.8) is 0 Å². The third-order valence-corrected chi connectivity index (χ3v) is 23.2. The Labute approximate surface area is 650 Å². The van der Waals surface area contributed by atoms with E-state index in [4.69, 9.17) is 9.47 Å². The Hall–Kier alpha value is -12.3. The average molecular weight is 1490 g/mol. The second-order valence-corrected chi connectivity index (χ2v) is 30.1. The molecule has 16 heteroatoms. The number of hydrogen-bond acceptors (Lipinski definition) is 12. The summed E-state index contributed by atoms with van der Waals surface area (Å²) >= 11 is 0. The van der Waals surface area contributed by atoms with E-state index in [1.807, 2.05) is 97.1 Å². The highest BCUT2D eigenvalue weighted by Gasteiger charge is 2.43. The largest absolute Gasteiger partial charge is 0.457 e. The number of para-hydroxylation sites is 2. The summed E-state index contributed by atoms with van der Waals surface area (Å²) in [6, 6.07) is 60.7. The fourth-order valence-corrected chi connectivity index (χ4v) is 17.7. The number of amides is 7. The molecule has 13 aromatic carbocycles. The molecule has 4 heterocycles. The zero-order valence-electron chi connectivity index (χ0n) is 63.7. The minimum Gasteiger partial charge on any atom is -0.457 e. The van der Waals surface area contributed by atoms with Gasteiger partial charge in [0.2, 0.25) is 0 Å². The Kier molecular flexibility index (Phi) is 19.8. The second kappa shape index (κ2) is 30.5. The molecule has 0 saturated carbocycles. The minimum absolute atomic E-state index is 0.154. The van der Waals surface area contributed by atoms with Gasteiger partial charge in [-0.1, -0.05) is 184 Å². The predicted molar refractivity (Wildman–Crippen MR) is 448 cm³/mol. The number of anilines is 6. The molecule has 16 nitrogen and oxygen atoms in total. The molecule has 0 aliphatic carbocycles. The molecule has 4 aliphatic heterocycles. The van der Waals surface area contributed by atoms with Gasteiger partial charge >= 0.3 is 0 Å². The molecular formula is C96H88N6O10. The van der Waals surface area contributed by atoms with Crippen molar-refractivity contribution in [3.05, 3.63) is 251 Å². The summed E-state index contributed by atoms with van der Waals surface area (Å²) in [5.74, 6) is -2.46. The SMILES string of the molecule is CCCCCCN(CCCCCC)c1ccc2c3c(cccc13)C(=O)N(c1ccc(N3C(=O)c4ccc5c6c(Oc7ccccc7)cc7c8c(ccc(c9c(Oc%10ccccc%10)cc(c4c59)C3=O)c86)C(=O)N(c3ccc(N4C(=O)c5ccc(N(CCCCCC)CCCCCC)c6cccc(c56)C4O)cc3)C7=O)cc1)C2=O. The third-order valence-electron chi connectivity index (χ3n) is 23.2. The molecule has 17 rings (SSSR count). The van der Waals surface area contributed by atoms with E-state index in [9.17, 15) is 19.5 Å². The van der Waals surface area contributed by atoms with Crippen molar-refractivity contribution in [3.8, 4) is 23.0 Å². The van der Waals surface area contributed by atoms with Crippen LogP contribution in [-0.4, -0.2) is 72.6 Å². The van der Waals surface area contributed by atoms with Crippen molar-refractivity contribution in [2.75, 3.05) is 55.6 Å². The predicted octanol–water partition coefficient (Wildman–Crippen LogP) is 22.6. The summed E-state index contributed by atoms with van der Waals surface area (Å²) in [4.78, 5) is 117. The van der Waals surface area contributed by atoms with E-state index in [1.54, 1.807) is 103 Å². The smallest absolute Gasteiger partial charge is 0.266 e. The molecule has 13 aromatic rings. The van der Waals surface area contributed by atoms with Crippen LogP contribution in [0.3, 0.4) is 0 Å². The van der Waals surface area contributed by atoms with E-state index in [1.165, 1.54) is 22.6 Å². The fraction of sp³-hybridized carbons (Fsp3) is 0.260. The number of aliphatic hydroxyl groups excluding tert-OH is 1. The van der Waals surface area contributed by atoms with Crippen molar-refractivity contribution in [2.45, 2.75) is 137 Å². The number of unbranched alkanes of at least 4 members (excludes halogenated alkanes) is 12. The number of carbonyl (C=O) groups is 7. The van der Waals surface area contributed by atoms with Crippen LogP contribution in [0.15, 0.2) is 206 Å². The normalized spacial score (nSPS) is 14.6. The van der Waals surface area contributed by atoms with Crippen LogP contribution in [0.2, 0.25) is 0 Å². The number of nitrogens with zero attached hydrogens (tertiary/aromatic N) is 6. The van der Waals surface area contributed by atoms with E-state index >= 15 is 19.2 Å². The molecule has 0 bridgehead atoms. The zero-order valence-corrected chi connectivity index (χ0v) is 63.7. The van der Waals surface area contributed by atoms with Crippen LogP contribution < -0.4 is 38.9 Å². The average Bonchev–Trinajstić information content (AvgIpc) is 0.678. The maximum Gasteiger partial charge on any atom is 0.266 e. The van der Waals surface area contributed by atoms with Gasteiger partial charge in [0, 0.05) is 130 Å². The lowest BCUT2D eigenvalue weighted by molar-refractivity contribution is 0.0870. The van der Waals surface area contributed by atoms with E-state index in [0.717, 1.165) is 153 Å². The summed E-state index contributed by atoms with van der Waals surface area (Å²) in [5.41, 5.74) is 5.75. The summed E-state index contributed by atoms with van der Waals surface area (Å²) in [5, 5.41) is 19.4. The van der Waals surface area contributed by atoms with Crippen molar-refractivity contribution < 1.29 is 48.1 Å². The van der Waals surface area contributed by atoms with Gasteiger partial charge in [-0.25, -0.2) is 14.7 Å². The van der Waals surface area contributed by atoms with Gasteiger partial charge in [0.05, 0.1) is 28.2 Å². The summed E-state index contributed by atoms with van der Waals surface area (Å²) < 4.78 is 13.9. The highest BCUT2D eigenvalue weighted by atomic mass is 16.5. The standard InChI is InChI=1S/C96H88N6O10/c1-5-9-13-23-53-97(54-24-14-10-6-2)77-51-49-71-81-65(77)33-27-35-69(81)89(103)99(91(71)105)59-37-41-61(42-38-59)101-93(107)73-47-45-67-86-80(112-64-31-21-18-22-32-64)58-76-84-74(48-46-68(88(84)86)85-79(111-63-29-19-17-20-30-63)57-75(95(101)109)83(73)87(67)85)94(108)102(96(76)110)62-43-39-60(40-44-62)100-90(104)70-36-28-34-66-78(52-50-72(82(66)70)92(100)106)98(55-25-15-11-7-3)56-26-16-12-8-4/h17-22,27-52,57-58,89,103H,5-16,23-26,53-56H2,1-4H3. The number of fused-ring (bicyclic) bond motifs is 2. The van der Waals surface area contributed by atoms with Crippen molar-refractivity contribution >= 4 is 140 Å². The number of ether oxygens (including phenoxy) is 2. The number of hydrogen-bond donors (Lipinski definition) is 1. The molecule has 1 N–H and O–H groups in total. The molecule has 1 unspecified atom stereocenters. The molecule has 7 amide bonds. The molecule has 0 fully saturated rings.